The standard InChI is InChI=1S/C27H46O2/c1-17(2)7-6-8-18(3)21-9-10-22-20-16-25(29)24-15-19(28)11-13-27(24,5)23(20)12-14-26(21,22)4/h17-19,21-22,24-25,28-29H,6-16H2,1-5H3/t18-,19+,21-,22+,24?,25+,26-,27-/m1/s1. The zero-order valence-electron chi connectivity index (χ0n) is 19.7. The van der Waals surface area contributed by atoms with Crippen LogP contribution in [0.1, 0.15) is 105 Å². The molecule has 0 amide bonds. The van der Waals surface area contributed by atoms with E-state index in [2.05, 4.69) is 34.6 Å². The predicted molar refractivity (Wildman–Crippen MR) is 121 cm³/mol. The van der Waals surface area contributed by atoms with Crippen LogP contribution in [0.25, 0.3) is 0 Å². The molecule has 2 nitrogen and oxygen atoms in total. The Bertz CT molecular complexity index is 636. The number of rotatable bonds is 5. The van der Waals surface area contributed by atoms with Gasteiger partial charge in [0.2, 0.25) is 0 Å². The highest BCUT2D eigenvalue weighted by Crippen LogP contribution is 2.66. The molecule has 2 fully saturated rings. The zero-order chi connectivity index (χ0) is 21.0. The summed E-state index contributed by atoms with van der Waals surface area (Å²) < 4.78 is 0. The molecule has 0 saturated heterocycles. The molecule has 0 aromatic carbocycles. The lowest BCUT2D eigenvalue weighted by atomic mass is 9.50. The summed E-state index contributed by atoms with van der Waals surface area (Å²) in [7, 11) is 0. The molecule has 4 aliphatic rings. The van der Waals surface area contributed by atoms with E-state index >= 15 is 0 Å². The fraction of sp³-hybridized carbons (Fsp3) is 0.926. The van der Waals surface area contributed by atoms with Gasteiger partial charge in [-0.2, -0.15) is 0 Å². The first-order valence-electron chi connectivity index (χ1n) is 12.8. The fourth-order valence-electron chi connectivity index (χ4n) is 8.51. The van der Waals surface area contributed by atoms with Gasteiger partial charge < -0.3 is 10.2 Å². The molecule has 1 unspecified atom stereocenters. The average Bonchev–Trinajstić information content (AvgIpc) is 3.00. The van der Waals surface area contributed by atoms with Crippen molar-refractivity contribution in [2.24, 2.45) is 40.4 Å². The highest BCUT2D eigenvalue weighted by atomic mass is 16.3. The van der Waals surface area contributed by atoms with Crippen LogP contribution in [0.4, 0.5) is 0 Å². The van der Waals surface area contributed by atoms with Crippen molar-refractivity contribution in [1.29, 1.82) is 0 Å². The molecular weight excluding hydrogens is 356 g/mol. The van der Waals surface area contributed by atoms with Crippen LogP contribution >= 0.6 is 0 Å². The van der Waals surface area contributed by atoms with Crippen LogP contribution in [0, 0.1) is 40.4 Å². The minimum Gasteiger partial charge on any atom is -0.393 e. The van der Waals surface area contributed by atoms with Gasteiger partial charge >= 0.3 is 0 Å². The summed E-state index contributed by atoms with van der Waals surface area (Å²) >= 11 is 0. The van der Waals surface area contributed by atoms with E-state index < -0.39 is 0 Å². The van der Waals surface area contributed by atoms with Crippen LogP contribution in [-0.2, 0) is 0 Å². The van der Waals surface area contributed by atoms with Crippen LogP contribution in [0.15, 0.2) is 11.1 Å². The molecule has 0 radical (unpaired) electrons. The van der Waals surface area contributed by atoms with Crippen molar-refractivity contribution in [2.75, 3.05) is 0 Å². The van der Waals surface area contributed by atoms with Gasteiger partial charge in [0.1, 0.15) is 0 Å². The summed E-state index contributed by atoms with van der Waals surface area (Å²) in [5.41, 5.74) is 3.95. The first kappa shape index (κ1) is 21.9. The summed E-state index contributed by atoms with van der Waals surface area (Å²) in [5.74, 6) is 3.46. The summed E-state index contributed by atoms with van der Waals surface area (Å²) in [6.45, 7) is 12.2. The van der Waals surface area contributed by atoms with Crippen LogP contribution in [0.3, 0.4) is 0 Å². The smallest absolute Gasteiger partial charge is 0.0614 e. The summed E-state index contributed by atoms with van der Waals surface area (Å²) in [6, 6.07) is 0. The van der Waals surface area contributed by atoms with Crippen LogP contribution in [-0.4, -0.2) is 22.4 Å². The molecular formula is C27H46O2. The van der Waals surface area contributed by atoms with Gasteiger partial charge in [-0.3, -0.25) is 0 Å². The Morgan fingerprint density at radius 1 is 1.00 bits per heavy atom. The topological polar surface area (TPSA) is 40.5 Å². The highest BCUT2D eigenvalue weighted by Gasteiger charge is 2.57. The maximum absolute atomic E-state index is 11.1. The highest BCUT2D eigenvalue weighted by molar-refractivity contribution is 5.35. The second-order valence-corrected chi connectivity index (χ2v) is 12.3. The van der Waals surface area contributed by atoms with Crippen molar-refractivity contribution in [3.8, 4) is 0 Å². The molecule has 166 valence electrons. The third kappa shape index (κ3) is 3.65. The Morgan fingerprint density at radius 3 is 2.48 bits per heavy atom. The number of allylic oxidation sites excluding steroid dienone is 1. The van der Waals surface area contributed by atoms with Gasteiger partial charge in [0.05, 0.1) is 12.2 Å². The van der Waals surface area contributed by atoms with Gasteiger partial charge in [0, 0.05) is 0 Å². The number of aliphatic hydroxyl groups excluding tert-OH is 2. The van der Waals surface area contributed by atoms with E-state index in [1.54, 1.807) is 11.1 Å². The molecule has 0 bridgehead atoms. The van der Waals surface area contributed by atoms with E-state index in [0.717, 1.165) is 43.4 Å². The van der Waals surface area contributed by atoms with E-state index in [1.807, 2.05) is 0 Å². The third-order valence-corrected chi connectivity index (χ3v) is 10.2. The lowest BCUT2D eigenvalue weighted by Crippen LogP contribution is -2.50. The maximum atomic E-state index is 11.1. The van der Waals surface area contributed by atoms with Gasteiger partial charge in [-0.05, 0) is 91.8 Å². The summed E-state index contributed by atoms with van der Waals surface area (Å²) in [5, 5.41) is 21.4. The molecule has 2 saturated carbocycles. The number of aliphatic hydroxyl groups is 2. The van der Waals surface area contributed by atoms with Gasteiger partial charge in [0.25, 0.3) is 0 Å². The molecule has 0 spiro atoms. The van der Waals surface area contributed by atoms with Gasteiger partial charge in [-0.25, -0.2) is 0 Å². The molecule has 0 heterocycles. The van der Waals surface area contributed by atoms with Crippen LogP contribution < -0.4 is 0 Å². The minimum absolute atomic E-state index is 0.133. The molecule has 4 rings (SSSR count). The Morgan fingerprint density at radius 2 is 1.76 bits per heavy atom. The van der Waals surface area contributed by atoms with E-state index in [0.29, 0.717) is 11.3 Å². The van der Waals surface area contributed by atoms with Crippen LogP contribution in [0.2, 0.25) is 0 Å². The molecule has 2 heteroatoms. The van der Waals surface area contributed by atoms with E-state index in [4.69, 9.17) is 0 Å². The second kappa shape index (κ2) is 7.97. The Hall–Kier alpha value is -0.340. The normalized spacial score (nSPS) is 45.7. The SMILES string of the molecule is CC(C)CCC[C@@H](C)[C@H]1CC[C@H]2C3=C(CC[C@]12C)[C@@]1(C)CC[C@H](O)CC1[C@@H](O)C3. The molecule has 2 N–H and O–H groups in total. The Labute approximate surface area is 179 Å². The van der Waals surface area contributed by atoms with E-state index in [9.17, 15) is 10.2 Å². The van der Waals surface area contributed by atoms with Crippen molar-refractivity contribution in [1.82, 2.24) is 0 Å². The summed E-state index contributed by atoms with van der Waals surface area (Å²) in [6.07, 6.45) is 12.6. The first-order chi connectivity index (χ1) is 13.7. The first-order valence-corrected chi connectivity index (χ1v) is 12.8. The second-order valence-electron chi connectivity index (χ2n) is 12.3. The molecule has 0 aromatic heterocycles. The minimum atomic E-state index is -0.251. The van der Waals surface area contributed by atoms with E-state index in [-0.39, 0.29) is 23.5 Å². The largest absolute Gasteiger partial charge is 0.393 e. The third-order valence-electron chi connectivity index (χ3n) is 10.2. The quantitative estimate of drug-likeness (QED) is 0.515. The molecule has 4 aliphatic carbocycles. The van der Waals surface area contributed by atoms with Crippen LogP contribution in [0.5, 0.6) is 0 Å². The Balaban J connectivity index is 1.56. The molecule has 0 aliphatic heterocycles. The number of hydrogen-bond acceptors (Lipinski definition) is 2. The lowest BCUT2D eigenvalue weighted by Gasteiger charge is -2.56. The zero-order valence-corrected chi connectivity index (χ0v) is 19.7. The van der Waals surface area contributed by atoms with Crippen molar-refractivity contribution < 1.29 is 10.2 Å². The number of hydrogen-bond donors (Lipinski definition) is 2. The van der Waals surface area contributed by atoms with Gasteiger partial charge in [-0.15, -0.1) is 0 Å². The maximum Gasteiger partial charge on any atom is 0.0614 e. The Kier molecular flexibility index (Phi) is 6.01. The molecule has 29 heavy (non-hydrogen) atoms. The molecule has 0 aromatic rings. The summed E-state index contributed by atoms with van der Waals surface area (Å²) in [4.78, 5) is 0. The number of fused-ring (bicyclic) bond motifs is 4. The fourth-order valence-corrected chi connectivity index (χ4v) is 8.51. The molecule has 8 atom stereocenters. The van der Waals surface area contributed by atoms with Gasteiger partial charge in [0.15, 0.2) is 0 Å². The van der Waals surface area contributed by atoms with Crippen molar-refractivity contribution in [2.45, 2.75) is 117 Å². The monoisotopic (exact) mass is 402 g/mol. The van der Waals surface area contributed by atoms with Crippen molar-refractivity contribution in [3.63, 3.8) is 0 Å². The van der Waals surface area contributed by atoms with E-state index in [1.165, 1.54) is 44.9 Å². The average molecular weight is 403 g/mol. The van der Waals surface area contributed by atoms with Crippen molar-refractivity contribution >= 4 is 0 Å². The predicted octanol–water partition coefficient (Wildman–Crippen LogP) is 6.50. The van der Waals surface area contributed by atoms with Gasteiger partial charge in [-0.1, -0.05) is 65.0 Å². The van der Waals surface area contributed by atoms with Crippen molar-refractivity contribution in [3.05, 3.63) is 11.1 Å². The lowest BCUT2D eigenvalue weighted by molar-refractivity contribution is -0.0516.